The number of methoxy groups -OCH3 is 2. The number of ether oxygens (including phenoxy) is 2. The highest BCUT2D eigenvalue weighted by atomic mass is 16.5. The molecule has 1 atom stereocenters. The molecular formula is C32H34N6O4. The van der Waals surface area contributed by atoms with Gasteiger partial charge in [-0.3, -0.25) is 9.59 Å². The van der Waals surface area contributed by atoms with Crippen molar-refractivity contribution < 1.29 is 19.1 Å². The van der Waals surface area contributed by atoms with Crippen molar-refractivity contribution in [2.45, 2.75) is 19.0 Å². The molecule has 216 valence electrons. The highest BCUT2D eigenvalue weighted by Crippen LogP contribution is 2.21. The molecule has 0 saturated heterocycles. The largest absolute Gasteiger partial charge is 0.467 e. The molecule has 0 aliphatic heterocycles. The highest BCUT2D eigenvalue weighted by molar-refractivity contribution is 5.95. The normalized spacial score (nSPS) is 11.7. The van der Waals surface area contributed by atoms with E-state index in [0.717, 1.165) is 22.3 Å². The number of hydrogen-bond donors (Lipinski definition) is 0. The third-order valence-corrected chi connectivity index (χ3v) is 6.67. The van der Waals surface area contributed by atoms with Crippen molar-refractivity contribution >= 4 is 17.9 Å². The third-order valence-electron chi connectivity index (χ3n) is 6.67. The molecule has 10 heteroatoms. The quantitative estimate of drug-likeness (QED) is 0.225. The molecule has 0 N–H and O–H groups in total. The molecule has 4 aromatic rings. The van der Waals surface area contributed by atoms with Crippen molar-refractivity contribution in [3.63, 3.8) is 0 Å². The van der Waals surface area contributed by atoms with Crippen molar-refractivity contribution in [1.82, 2.24) is 29.7 Å². The Hall–Kier alpha value is -4.96. The van der Waals surface area contributed by atoms with Crippen LogP contribution in [0.5, 0.6) is 6.01 Å². The minimum absolute atomic E-state index is 0.177. The Bertz CT molecular complexity index is 1450. The molecule has 10 nitrogen and oxygen atoms in total. The van der Waals surface area contributed by atoms with E-state index in [2.05, 4.69) is 19.9 Å². The van der Waals surface area contributed by atoms with Crippen molar-refractivity contribution in [2.24, 2.45) is 0 Å². The van der Waals surface area contributed by atoms with Crippen LogP contribution in [-0.2, 0) is 27.3 Å². The van der Waals surface area contributed by atoms with Crippen LogP contribution in [0, 0.1) is 0 Å². The lowest BCUT2D eigenvalue weighted by atomic mass is 10.0. The molecule has 0 aliphatic rings. The van der Waals surface area contributed by atoms with Gasteiger partial charge in [0, 0.05) is 75.7 Å². The van der Waals surface area contributed by atoms with Gasteiger partial charge in [0.25, 0.3) is 0 Å². The fraction of sp³-hybridized carbons (Fsp3) is 0.250. The summed E-state index contributed by atoms with van der Waals surface area (Å²) in [6, 6.07) is 17.0. The van der Waals surface area contributed by atoms with Gasteiger partial charge in [-0.1, -0.05) is 54.6 Å². The Morgan fingerprint density at radius 2 is 1.57 bits per heavy atom. The first-order chi connectivity index (χ1) is 20.5. The van der Waals surface area contributed by atoms with Gasteiger partial charge in [-0.05, 0) is 22.8 Å². The Morgan fingerprint density at radius 1 is 0.881 bits per heavy atom. The summed E-state index contributed by atoms with van der Waals surface area (Å²) >= 11 is 0. The minimum Gasteiger partial charge on any atom is -0.467 e. The molecule has 2 amide bonds. The topological polar surface area (TPSA) is 111 Å². The second-order valence-electron chi connectivity index (χ2n) is 9.58. The van der Waals surface area contributed by atoms with Gasteiger partial charge in [0.1, 0.15) is 12.4 Å². The molecule has 42 heavy (non-hydrogen) atoms. The van der Waals surface area contributed by atoms with Crippen LogP contribution in [0.2, 0.25) is 0 Å². The van der Waals surface area contributed by atoms with E-state index >= 15 is 0 Å². The fourth-order valence-corrected chi connectivity index (χ4v) is 4.33. The smallest absolute Gasteiger partial charge is 0.316 e. The zero-order chi connectivity index (χ0) is 29.7. The number of amides is 2. The number of carbonyl (C=O) groups is 2. The molecule has 0 bridgehead atoms. The Balaban J connectivity index is 1.67. The van der Waals surface area contributed by atoms with Gasteiger partial charge >= 0.3 is 6.01 Å². The van der Waals surface area contributed by atoms with Gasteiger partial charge in [0.15, 0.2) is 0 Å². The molecule has 0 aliphatic carbocycles. The molecule has 2 aromatic heterocycles. The summed E-state index contributed by atoms with van der Waals surface area (Å²) in [4.78, 5) is 47.3. The van der Waals surface area contributed by atoms with Crippen LogP contribution in [0.25, 0.3) is 17.2 Å². The fourth-order valence-electron chi connectivity index (χ4n) is 4.33. The molecule has 4 rings (SSSR count). The minimum atomic E-state index is -0.763. The van der Waals surface area contributed by atoms with Crippen LogP contribution in [0.15, 0.2) is 91.8 Å². The lowest BCUT2D eigenvalue weighted by Crippen LogP contribution is -2.51. The van der Waals surface area contributed by atoms with Crippen LogP contribution in [0.1, 0.15) is 16.7 Å². The number of likely N-dealkylation sites (N-methyl/N-ethyl adjacent to an activating group) is 1. The van der Waals surface area contributed by atoms with Crippen LogP contribution in [0.4, 0.5) is 0 Å². The number of nitrogens with zero attached hydrogens (tertiary/aromatic N) is 6. The Morgan fingerprint density at radius 3 is 2.21 bits per heavy atom. The van der Waals surface area contributed by atoms with E-state index in [1.165, 1.54) is 19.5 Å². The number of hydrogen-bond acceptors (Lipinski definition) is 8. The molecular weight excluding hydrogens is 532 g/mol. The number of aromatic nitrogens is 4. The maximum Gasteiger partial charge on any atom is 0.316 e. The van der Waals surface area contributed by atoms with E-state index in [9.17, 15) is 9.59 Å². The standard InChI is InChI=1S/C32H34N6O4/c1-37(15-16-41-2)31(40)29(17-24-7-5-4-6-8-24)38(30(39)14-11-26-18-35-32(42-3)36-19-26)22-25-9-12-27(13-10-25)28-20-33-23-34-21-28/h4-14,18-21,23,29H,15-17,22H2,1-3H3/t29-/m0/s1. The van der Waals surface area contributed by atoms with Crippen LogP contribution >= 0.6 is 0 Å². The lowest BCUT2D eigenvalue weighted by molar-refractivity contribution is -0.143. The molecule has 0 saturated carbocycles. The van der Waals surface area contributed by atoms with Gasteiger partial charge in [0.2, 0.25) is 11.8 Å². The van der Waals surface area contributed by atoms with Crippen LogP contribution in [0.3, 0.4) is 0 Å². The van der Waals surface area contributed by atoms with E-state index in [1.807, 2.05) is 54.6 Å². The first-order valence-electron chi connectivity index (χ1n) is 13.5. The van der Waals surface area contributed by atoms with Gasteiger partial charge in [-0.2, -0.15) is 0 Å². The lowest BCUT2D eigenvalue weighted by Gasteiger charge is -2.33. The van der Waals surface area contributed by atoms with Crippen molar-refractivity contribution in [2.75, 3.05) is 34.4 Å². The van der Waals surface area contributed by atoms with Crippen molar-refractivity contribution in [3.8, 4) is 17.1 Å². The summed E-state index contributed by atoms with van der Waals surface area (Å²) < 4.78 is 10.2. The third kappa shape index (κ3) is 8.28. The zero-order valence-electron chi connectivity index (χ0n) is 24.0. The number of rotatable bonds is 13. The van der Waals surface area contributed by atoms with Crippen LogP contribution < -0.4 is 4.74 Å². The second-order valence-corrected chi connectivity index (χ2v) is 9.58. The van der Waals surface area contributed by atoms with E-state index in [-0.39, 0.29) is 24.4 Å². The maximum atomic E-state index is 13.9. The molecule has 0 unspecified atom stereocenters. The summed E-state index contributed by atoms with van der Waals surface area (Å²) in [5.41, 5.74) is 4.28. The van der Waals surface area contributed by atoms with Gasteiger partial charge in [-0.15, -0.1) is 0 Å². The molecule has 0 fully saturated rings. The molecule has 0 spiro atoms. The number of benzene rings is 2. The monoisotopic (exact) mass is 566 g/mol. The van der Waals surface area contributed by atoms with E-state index in [1.54, 1.807) is 54.8 Å². The molecule has 0 radical (unpaired) electrons. The molecule has 2 heterocycles. The maximum absolute atomic E-state index is 13.9. The summed E-state index contributed by atoms with van der Waals surface area (Å²) in [7, 11) is 4.80. The van der Waals surface area contributed by atoms with Crippen LogP contribution in [-0.4, -0.2) is 82.0 Å². The first-order valence-corrected chi connectivity index (χ1v) is 13.5. The average Bonchev–Trinajstić information content (AvgIpc) is 3.05. The van der Waals surface area contributed by atoms with E-state index in [0.29, 0.717) is 25.1 Å². The summed E-state index contributed by atoms with van der Waals surface area (Å²) in [5, 5.41) is 0. The first kappa shape index (κ1) is 30.0. The Kier molecular flexibility index (Phi) is 10.8. The predicted molar refractivity (Wildman–Crippen MR) is 159 cm³/mol. The molecule has 2 aromatic carbocycles. The van der Waals surface area contributed by atoms with Gasteiger partial charge in [-0.25, -0.2) is 19.9 Å². The highest BCUT2D eigenvalue weighted by Gasteiger charge is 2.31. The zero-order valence-corrected chi connectivity index (χ0v) is 24.0. The summed E-state index contributed by atoms with van der Waals surface area (Å²) in [6.45, 7) is 1.00. The second kappa shape index (κ2) is 15.2. The number of carbonyl (C=O) groups excluding carboxylic acids is 2. The van der Waals surface area contributed by atoms with E-state index < -0.39 is 6.04 Å². The summed E-state index contributed by atoms with van der Waals surface area (Å²) in [5.74, 6) is -0.496. The van der Waals surface area contributed by atoms with Crippen molar-refractivity contribution in [3.05, 3.63) is 108 Å². The average molecular weight is 567 g/mol. The SMILES string of the molecule is COCCN(C)C(=O)[C@H](Cc1ccccc1)N(Cc1ccc(-c2cncnc2)cc1)C(=O)C=Cc1cnc(OC)nc1. The summed E-state index contributed by atoms with van der Waals surface area (Å²) in [6.07, 6.45) is 11.5. The van der Waals surface area contributed by atoms with Gasteiger partial charge < -0.3 is 19.3 Å². The van der Waals surface area contributed by atoms with Gasteiger partial charge in [0.05, 0.1) is 13.7 Å². The predicted octanol–water partition coefficient (Wildman–Crippen LogP) is 3.70. The van der Waals surface area contributed by atoms with E-state index in [4.69, 9.17) is 9.47 Å². The van der Waals surface area contributed by atoms with Crippen molar-refractivity contribution in [1.29, 1.82) is 0 Å². The Labute approximate surface area is 245 Å².